The molecule has 0 radical (unpaired) electrons. The molecule has 0 aliphatic rings. The van der Waals surface area contributed by atoms with Crippen LogP contribution < -0.4 is 0 Å². The summed E-state index contributed by atoms with van der Waals surface area (Å²) in [6.45, 7) is 7.79. The predicted octanol–water partition coefficient (Wildman–Crippen LogP) is 3.42. The first kappa shape index (κ1) is 11.8. The number of hydrogen-bond acceptors (Lipinski definition) is 2. The van der Waals surface area contributed by atoms with Crippen molar-refractivity contribution in [3.8, 4) is 5.75 Å². The maximum absolute atomic E-state index is 11.6. The van der Waals surface area contributed by atoms with Gasteiger partial charge in [-0.05, 0) is 24.5 Å². The Morgan fingerprint density at radius 3 is 2.47 bits per heavy atom. The molecule has 0 saturated carbocycles. The van der Waals surface area contributed by atoms with Gasteiger partial charge in [0.25, 0.3) is 0 Å². The van der Waals surface area contributed by atoms with Crippen LogP contribution in [0.25, 0.3) is 0 Å². The van der Waals surface area contributed by atoms with Crippen molar-refractivity contribution in [1.82, 2.24) is 0 Å². The Bertz CT molecular complexity index is 378. The van der Waals surface area contributed by atoms with Crippen molar-refractivity contribution in [1.29, 1.82) is 0 Å². The number of rotatable bonds is 3. The second kappa shape index (κ2) is 4.47. The predicted molar refractivity (Wildman–Crippen MR) is 61.6 cm³/mol. The minimum atomic E-state index is -0.00519. The fraction of sp³-hybridized carbons (Fsp3) is 0.462. The first-order chi connectivity index (χ1) is 6.99. The van der Waals surface area contributed by atoms with Gasteiger partial charge in [0.2, 0.25) is 0 Å². The number of aromatic hydroxyl groups is 1. The van der Waals surface area contributed by atoms with Gasteiger partial charge in [0.05, 0.1) is 5.56 Å². The smallest absolute Gasteiger partial charge is 0.166 e. The van der Waals surface area contributed by atoms with Gasteiger partial charge in [-0.1, -0.05) is 26.8 Å². The summed E-state index contributed by atoms with van der Waals surface area (Å²) in [5.74, 6) is 0.390. The number of aryl methyl sites for hydroxylation is 1. The SMILES string of the molecule is CCC(=O)c1ccc(C)c(C(C)C)c1O. The minimum Gasteiger partial charge on any atom is -0.507 e. The Kier molecular flexibility index (Phi) is 3.51. The zero-order valence-corrected chi connectivity index (χ0v) is 9.79. The third-order valence-electron chi connectivity index (χ3n) is 2.63. The second-order valence-electron chi connectivity index (χ2n) is 4.12. The number of hydrogen-bond donors (Lipinski definition) is 1. The van der Waals surface area contributed by atoms with Crippen molar-refractivity contribution in [2.24, 2.45) is 0 Å². The van der Waals surface area contributed by atoms with Gasteiger partial charge in [0.1, 0.15) is 5.75 Å². The van der Waals surface area contributed by atoms with Gasteiger partial charge >= 0.3 is 0 Å². The third kappa shape index (κ3) is 2.20. The highest BCUT2D eigenvalue weighted by Crippen LogP contribution is 2.32. The Hall–Kier alpha value is -1.31. The van der Waals surface area contributed by atoms with Crippen LogP contribution in [0.1, 0.15) is 54.6 Å². The zero-order chi connectivity index (χ0) is 11.6. The van der Waals surface area contributed by atoms with Gasteiger partial charge in [-0.25, -0.2) is 0 Å². The molecule has 2 nitrogen and oxygen atoms in total. The molecule has 0 aromatic heterocycles. The third-order valence-corrected chi connectivity index (χ3v) is 2.63. The van der Waals surface area contributed by atoms with Crippen LogP contribution in [0.5, 0.6) is 5.75 Å². The number of benzene rings is 1. The van der Waals surface area contributed by atoms with Crippen molar-refractivity contribution >= 4 is 5.78 Å². The van der Waals surface area contributed by atoms with Crippen molar-refractivity contribution < 1.29 is 9.90 Å². The molecule has 0 aliphatic carbocycles. The first-order valence-corrected chi connectivity index (χ1v) is 5.34. The van der Waals surface area contributed by atoms with E-state index in [0.717, 1.165) is 11.1 Å². The van der Waals surface area contributed by atoms with Crippen LogP contribution in [0.3, 0.4) is 0 Å². The molecule has 0 fully saturated rings. The fourth-order valence-corrected chi connectivity index (χ4v) is 1.85. The number of phenols is 1. The highest BCUT2D eigenvalue weighted by Gasteiger charge is 2.16. The monoisotopic (exact) mass is 206 g/mol. The Morgan fingerprint density at radius 2 is 2.00 bits per heavy atom. The van der Waals surface area contributed by atoms with Gasteiger partial charge in [-0.3, -0.25) is 4.79 Å². The van der Waals surface area contributed by atoms with E-state index in [4.69, 9.17) is 0 Å². The molecular formula is C13H18O2. The number of carbonyl (C=O) groups excluding carboxylic acids is 1. The standard InChI is InChI=1S/C13H18O2/c1-5-11(14)10-7-6-9(4)12(8(2)3)13(10)15/h6-8,15H,5H2,1-4H3. The average Bonchev–Trinajstić information content (AvgIpc) is 2.16. The summed E-state index contributed by atoms with van der Waals surface area (Å²) in [7, 11) is 0. The molecule has 0 spiro atoms. The Labute approximate surface area is 90.9 Å². The molecule has 0 atom stereocenters. The molecule has 1 rings (SSSR count). The lowest BCUT2D eigenvalue weighted by atomic mass is 9.92. The molecule has 0 unspecified atom stereocenters. The number of Topliss-reactive ketones (excluding diaryl/α,β-unsaturated/α-hetero) is 1. The van der Waals surface area contributed by atoms with E-state index in [9.17, 15) is 9.90 Å². The summed E-state index contributed by atoms with van der Waals surface area (Å²) < 4.78 is 0. The highest BCUT2D eigenvalue weighted by molar-refractivity contribution is 5.98. The van der Waals surface area contributed by atoms with E-state index in [-0.39, 0.29) is 17.5 Å². The maximum Gasteiger partial charge on any atom is 0.166 e. The van der Waals surface area contributed by atoms with Gasteiger partial charge < -0.3 is 5.11 Å². The molecule has 1 aromatic carbocycles. The van der Waals surface area contributed by atoms with E-state index in [2.05, 4.69) is 0 Å². The van der Waals surface area contributed by atoms with E-state index in [1.807, 2.05) is 26.8 Å². The molecule has 0 amide bonds. The van der Waals surface area contributed by atoms with Crippen LogP contribution in [0, 0.1) is 6.92 Å². The average molecular weight is 206 g/mol. The van der Waals surface area contributed by atoms with Crippen LogP contribution in [0.4, 0.5) is 0 Å². The summed E-state index contributed by atoms with van der Waals surface area (Å²) in [5, 5.41) is 10.0. The van der Waals surface area contributed by atoms with Crippen LogP contribution in [0.2, 0.25) is 0 Å². The van der Waals surface area contributed by atoms with Crippen molar-refractivity contribution in [3.05, 3.63) is 28.8 Å². The molecule has 82 valence electrons. The topological polar surface area (TPSA) is 37.3 Å². The second-order valence-corrected chi connectivity index (χ2v) is 4.12. The van der Waals surface area contributed by atoms with Gasteiger partial charge in [0, 0.05) is 12.0 Å². The van der Waals surface area contributed by atoms with Crippen LogP contribution in [-0.2, 0) is 0 Å². The summed E-state index contributed by atoms with van der Waals surface area (Å²) in [5.41, 5.74) is 2.37. The van der Waals surface area contributed by atoms with Crippen molar-refractivity contribution in [2.45, 2.75) is 40.0 Å². The van der Waals surface area contributed by atoms with Gasteiger partial charge in [0.15, 0.2) is 5.78 Å². The minimum absolute atomic E-state index is 0.00519. The lowest BCUT2D eigenvalue weighted by Crippen LogP contribution is -2.02. The van der Waals surface area contributed by atoms with Gasteiger partial charge in [-0.15, -0.1) is 0 Å². The molecule has 0 saturated heterocycles. The fourth-order valence-electron chi connectivity index (χ4n) is 1.85. The molecule has 0 bridgehead atoms. The first-order valence-electron chi connectivity index (χ1n) is 5.34. The molecule has 2 heteroatoms. The Morgan fingerprint density at radius 1 is 1.40 bits per heavy atom. The van der Waals surface area contributed by atoms with Crippen molar-refractivity contribution in [2.75, 3.05) is 0 Å². The van der Waals surface area contributed by atoms with Crippen LogP contribution >= 0.6 is 0 Å². The Balaban J connectivity index is 3.35. The van der Waals surface area contributed by atoms with Crippen LogP contribution in [-0.4, -0.2) is 10.9 Å². The summed E-state index contributed by atoms with van der Waals surface area (Å²) in [4.78, 5) is 11.6. The lowest BCUT2D eigenvalue weighted by Gasteiger charge is -2.14. The zero-order valence-electron chi connectivity index (χ0n) is 9.79. The summed E-state index contributed by atoms with van der Waals surface area (Å²) >= 11 is 0. The molecule has 0 aliphatic heterocycles. The summed E-state index contributed by atoms with van der Waals surface area (Å²) in [6, 6.07) is 3.61. The van der Waals surface area contributed by atoms with Crippen molar-refractivity contribution in [3.63, 3.8) is 0 Å². The van der Waals surface area contributed by atoms with E-state index < -0.39 is 0 Å². The number of ketones is 1. The number of carbonyl (C=O) groups is 1. The van der Waals surface area contributed by atoms with Gasteiger partial charge in [-0.2, -0.15) is 0 Å². The van der Waals surface area contributed by atoms with E-state index in [1.165, 1.54) is 0 Å². The maximum atomic E-state index is 11.6. The molecule has 0 heterocycles. The molecule has 1 aromatic rings. The van der Waals surface area contributed by atoms with E-state index in [0.29, 0.717) is 12.0 Å². The lowest BCUT2D eigenvalue weighted by molar-refractivity contribution is 0.0985. The normalized spacial score (nSPS) is 10.7. The highest BCUT2D eigenvalue weighted by atomic mass is 16.3. The molecular weight excluding hydrogens is 188 g/mol. The molecule has 15 heavy (non-hydrogen) atoms. The largest absolute Gasteiger partial charge is 0.507 e. The molecule has 1 N–H and O–H groups in total. The quantitative estimate of drug-likeness (QED) is 0.769. The van der Waals surface area contributed by atoms with E-state index in [1.54, 1.807) is 13.0 Å². The number of phenolic OH excluding ortho intramolecular Hbond substituents is 1. The summed E-state index contributed by atoms with van der Waals surface area (Å²) in [6.07, 6.45) is 0.425. The van der Waals surface area contributed by atoms with Crippen LogP contribution in [0.15, 0.2) is 12.1 Å². The van der Waals surface area contributed by atoms with E-state index >= 15 is 0 Å².